The van der Waals surface area contributed by atoms with Crippen LogP contribution in [0.2, 0.25) is 5.02 Å². The van der Waals surface area contributed by atoms with Crippen LogP contribution in [-0.2, 0) is 12.8 Å². The number of carbonyl (C=O) groups excluding carboxylic acids is 2. The fraction of sp³-hybridized carbons (Fsp3) is 0.409. The van der Waals surface area contributed by atoms with Gasteiger partial charge in [0.15, 0.2) is 17.3 Å². The van der Waals surface area contributed by atoms with Crippen LogP contribution >= 0.6 is 11.6 Å². The van der Waals surface area contributed by atoms with Crippen molar-refractivity contribution in [2.45, 2.75) is 33.1 Å². The summed E-state index contributed by atoms with van der Waals surface area (Å²) >= 11 is 6.24. The van der Waals surface area contributed by atoms with Gasteiger partial charge in [-0.15, -0.1) is 0 Å². The molecule has 2 heterocycles. The quantitative estimate of drug-likeness (QED) is 0.777. The van der Waals surface area contributed by atoms with Crippen molar-refractivity contribution in [3.05, 3.63) is 56.0 Å². The molecule has 1 aromatic carbocycles. The van der Waals surface area contributed by atoms with E-state index in [1.807, 2.05) is 19.9 Å². The number of H-pyrrole nitrogens is 1. The molecular weight excluding hydrogens is 408 g/mol. The highest BCUT2D eigenvalue weighted by atomic mass is 35.5. The maximum Gasteiger partial charge on any atom is 0.261 e. The van der Waals surface area contributed by atoms with Crippen LogP contribution in [0, 0.1) is 5.41 Å². The van der Waals surface area contributed by atoms with Crippen molar-refractivity contribution in [3.63, 3.8) is 0 Å². The number of Topliss-reactive ketones (excluding diaryl/α,β-unsaturated/α-hetero) is 1. The zero-order valence-corrected chi connectivity index (χ0v) is 17.6. The second kappa shape index (κ2) is 7.80. The fourth-order valence-electron chi connectivity index (χ4n) is 3.92. The number of nitrogens with one attached hydrogen (secondary N) is 2. The molecule has 1 amide bonds. The van der Waals surface area contributed by atoms with Gasteiger partial charge in [0.05, 0.1) is 5.02 Å². The van der Waals surface area contributed by atoms with Gasteiger partial charge in [-0.2, -0.15) is 0 Å². The van der Waals surface area contributed by atoms with E-state index in [0.717, 1.165) is 5.56 Å². The third kappa shape index (κ3) is 4.07. The number of rotatable bonds is 4. The van der Waals surface area contributed by atoms with Crippen molar-refractivity contribution < 1.29 is 19.1 Å². The minimum atomic E-state index is -0.514. The van der Waals surface area contributed by atoms with Crippen LogP contribution in [0.4, 0.5) is 0 Å². The first-order valence-electron chi connectivity index (χ1n) is 9.89. The van der Waals surface area contributed by atoms with Gasteiger partial charge in [0, 0.05) is 24.2 Å². The number of amides is 1. The number of carbonyl (C=O) groups is 2. The molecule has 0 radical (unpaired) electrons. The van der Waals surface area contributed by atoms with Crippen LogP contribution in [-0.4, -0.2) is 36.4 Å². The van der Waals surface area contributed by atoms with Crippen LogP contribution in [0.25, 0.3) is 0 Å². The maximum atomic E-state index is 12.6. The summed E-state index contributed by atoms with van der Waals surface area (Å²) in [4.78, 5) is 40.2. The van der Waals surface area contributed by atoms with Gasteiger partial charge >= 0.3 is 0 Å². The zero-order valence-electron chi connectivity index (χ0n) is 16.9. The van der Waals surface area contributed by atoms with E-state index >= 15 is 0 Å². The highest BCUT2D eigenvalue weighted by molar-refractivity contribution is 6.32. The molecule has 0 saturated carbocycles. The van der Waals surface area contributed by atoms with E-state index in [1.54, 1.807) is 6.07 Å². The molecule has 0 saturated heterocycles. The van der Waals surface area contributed by atoms with E-state index < -0.39 is 11.5 Å². The van der Waals surface area contributed by atoms with Gasteiger partial charge in [0.25, 0.3) is 11.5 Å². The van der Waals surface area contributed by atoms with Crippen molar-refractivity contribution >= 4 is 23.3 Å². The van der Waals surface area contributed by atoms with Crippen molar-refractivity contribution in [1.29, 1.82) is 0 Å². The molecule has 0 spiro atoms. The van der Waals surface area contributed by atoms with Crippen LogP contribution in [0.15, 0.2) is 23.0 Å². The van der Waals surface area contributed by atoms with Crippen LogP contribution < -0.4 is 20.3 Å². The summed E-state index contributed by atoms with van der Waals surface area (Å²) < 4.78 is 11.1. The lowest BCUT2D eigenvalue weighted by atomic mass is 9.75. The van der Waals surface area contributed by atoms with Gasteiger partial charge in [0.2, 0.25) is 0 Å². The molecular formula is C22H23ClN2O5. The Labute approximate surface area is 178 Å². The Balaban J connectivity index is 1.45. The number of benzene rings is 1. The van der Waals surface area contributed by atoms with E-state index in [2.05, 4.69) is 10.3 Å². The molecule has 1 aliphatic carbocycles. The second-order valence-electron chi connectivity index (χ2n) is 8.45. The Hall–Kier alpha value is -2.80. The average molecular weight is 431 g/mol. The first-order valence-corrected chi connectivity index (χ1v) is 10.3. The van der Waals surface area contributed by atoms with Crippen molar-refractivity contribution in [2.24, 2.45) is 5.41 Å². The maximum absolute atomic E-state index is 12.6. The highest BCUT2D eigenvalue weighted by Crippen LogP contribution is 2.38. The van der Waals surface area contributed by atoms with Gasteiger partial charge in [-0.1, -0.05) is 25.4 Å². The summed E-state index contributed by atoms with van der Waals surface area (Å²) in [6.45, 7) is 5.18. The predicted molar refractivity (Wildman–Crippen MR) is 112 cm³/mol. The van der Waals surface area contributed by atoms with E-state index in [9.17, 15) is 14.4 Å². The molecule has 0 atom stereocenters. The standard InChI is InChI=1S/C22H23ClN2O5/c1-22(2)10-16-13(17(26)11-22)9-14(21(28)25-16)20(27)24-4-3-12-7-15(23)19-18(8-12)29-5-6-30-19/h7-9H,3-6,10-11H2,1-2H3,(H,24,27)(H,25,28). The van der Waals surface area contributed by atoms with Gasteiger partial charge in [-0.25, -0.2) is 0 Å². The lowest BCUT2D eigenvalue weighted by Gasteiger charge is -2.29. The summed E-state index contributed by atoms with van der Waals surface area (Å²) in [5, 5.41) is 3.20. The largest absolute Gasteiger partial charge is 0.486 e. The molecule has 4 rings (SSSR count). The Morgan fingerprint density at radius 1 is 1.17 bits per heavy atom. The summed E-state index contributed by atoms with van der Waals surface area (Å²) in [7, 11) is 0. The molecule has 1 aliphatic heterocycles. The molecule has 7 nitrogen and oxygen atoms in total. The molecule has 2 N–H and O–H groups in total. The molecule has 1 aromatic heterocycles. The summed E-state index contributed by atoms with van der Waals surface area (Å²) in [5.41, 5.74) is 1.16. The highest BCUT2D eigenvalue weighted by Gasteiger charge is 2.32. The topological polar surface area (TPSA) is 97.5 Å². The minimum absolute atomic E-state index is 0.0537. The summed E-state index contributed by atoms with van der Waals surface area (Å²) in [6.07, 6.45) is 1.48. The zero-order chi connectivity index (χ0) is 21.5. The first-order chi connectivity index (χ1) is 14.2. The number of aromatic amines is 1. The van der Waals surface area contributed by atoms with Crippen molar-refractivity contribution in [2.75, 3.05) is 19.8 Å². The molecule has 30 heavy (non-hydrogen) atoms. The molecule has 2 aromatic rings. The number of aromatic nitrogens is 1. The number of ether oxygens (including phenoxy) is 2. The average Bonchev–Trinajstić information content (AvgIpc) is 2.66. The Kier molecular flexibility index (Phi) is 5.32. The molecule has 0 unspecified atom stereocenters. The number of hydrogen-bond acceptors (Lipinski definition) is 5. The molecule has 2 aliphatic rings. The molecule has 0 bridgehead atoms. The lowest BCUT2D eigenvalue weighted by Crippen LogP contribution is -2.35. The normalized spacial score (nSPS) is 16.7. The van der Waals surface area contributed by atoms with Gasteiger partial charge in [-0.3, -0.25) is 14.4 Å². The van der Waals surface area contributed by atoms with Crippen LogP contribution in [0.3, 0.4) is 0 Å². The number of ketones is 1. The Bertz CT molecular complexity index is 1090. The van der Waals surface area contributed by atoms with Crippen molar-refractivity contribution in [1.82, 2.24) is 10.3 Å². The van der Waals surface area contributed by atoms with E-state index in [1.165, 1.54) is 6.07 Å². The Morgan fingerprint density at radius 2 is 1.93 bits per heavy atom. The molecule has 158 valence electrons. The Morgan fingerprint density at radius 3 is 2.73 bits per heavy atom. The fourth-order valence-corrected chi connectivity index (χ4v) is 4.21. The minimum Gasteiger partial charge on any atom is -0.486 e. The van der Waals surface area contributed by atoms with E-state index in [0.29, 0.717) is 66.8 Å². The lowest BCUT2D eigenvalue weighted by molar-refractivity contribution is 0.0910. The van der Waals surface area contributed by atoms with Crippen molar-refractivity contribution in [3.8, 4) is 11.5 Å². The third-order valence-corrected chi connectivity index (χ3v) is 5.60. The van der Waals surface area contributed by atoms with Gasteiger partial charge in [-0.05, 0) is 42.0 Å². The second-order valence-corrected chi connectivity index (χ2v) is 8.86. The molecule has 0 fully saturated rings. The number of pyridine rings is 1. The third-order valence-electron chi connectivity index (χ3n) is 5.32. The van der Waals surface area contributed by atoms with Crippen LogP contribution in [0.1, 0.15) is 52.2 Å². The monoisotopic (exact) mass is 430 g/mol. The predicted octanol–water partition coefficient (Wildman–Crippen LogP) is 2.93. The summed E-state index contributed by atoms with van der Waals surface area (Å²) in [5.74, 6) is 0.546. The smallest absolute Gasteiger partial charge is 0.261 e. The van der Waals surface area contributed by atoms with Gasteiger partial charge < -0.3 is 19.8 Å². The molecule has 8 heteroatoms. The SMILES string of the molecule is CC1(C)CC(=O)c2cc(C(=O)NCCc3cc(Cl)c4c(c3)OCCO4)c(=O)[nH]c2C1. The van der Waals surface area contributed by atoms with E-state index in [4.69, 9.17) is 21.1 Å². The van der Waals surface area contributed by atoms with E-state index in [-0.39, 0.29) is 16.8 Å². The summed E-state index contributed by atoms with van der Waals surface area (Å²) in [6, 6.07) is 5.02. The number of fused-ring (bicyclic) bond motifs is 2. The number of halogens is 1. The van der Waals surface area contributed by atoms with Crippen LogP contribution in [0.5, 0.6) is 11.5 Å². The number of hydrogen-bond donors (Lipinski definition) is 2. The first kappa shape index (κ1) is 20.5. The van der Waals surface area contributed by atoms with Gasteiger partial charge in [0.1, 0.15) is 18.8 Å².